The highest BCUT2D eigenvalue weighted by molar-refractivity contribution is 7.15. The highest BCUT2D eigenvalue weighted by atomic mass is 32.1. The number of ether oxygens (including phenoxy) is 1. The topological polar surface area (TPSA) is 94.3 Å². The molecule has 0 radical (unpaired) electrons. The summed E-state index contributed by atoms with van der Waals surface area (Å²) in [5.41, 5.74) is 0.824. The van der Waals surface area contributed by atoms with E-state index in [1.54, 1.807) is 32.0 Å². The van der Waals surface area contributed by atoms with Crippen molar-refractivity contribution in [3.8, 4) is 5.75 Å². The predicted octanol–water partition coefficient (Wildman–Crippen LogP) is 2.67. The van der Waals surface area contributed by atoms with Gasteiger partial charge in [-0.05, 0) is 38.5 Å². The Morgan fingerprint density at radius 1 is 1.29 bits per heavy atom. The molecule has 2 aromatic heterocycles. The molecule has 1 atom stereocenters. The number of nitrogens with zero attached hydrogens (tertiary/aromatic N) is 2. The zero-order valence-corrected chi connectivity index (χ0v) is 14.1. The Morgan fingerprint density at radius 2 is 2.08 bits per heavy atom. The molecule has 0 bridgehead atoms. The number of fused-ring (bicyclic) bond motifs is 1. The van der Waals surface area contributed by atoms with Crippen molar-refractivity contribution >= 4 is 33.3 Å². The molecule has 0 unspecified atom stereocenters. The van der Waals surface area contributed by atoms with E-state index in [4.69, 9.17) is 9.15 Å². The third-order valence-corrected chi connectivity index (χ3v) is 4.12. The number of hydrogen-bond donors (Lipinski definition) is 1. The number of amides is 1. The summed E-state index contributed by atoms with van der Waals surface area (Å²) in [5, 5.41) is 12.3. The normalized spacial score (nSPS) is 12.1. The molecule has 0 saturated heterocycles. The van der Waals surface area contributed by atoms with E-state index in [-0.39, 0.29) is 5.91 Å². The van der Waals surface area contributed by atoms with Gasteiger partial charge in [-0.2, -0.15) is 0 Å². The van der Waals surface area contributed by atoms with Crippen molar-refractivity contribution in [3.63, 3.8) is 0 Å². The molecule has 3 aromatic rings. The first-order chi connectivity index (χ1) is 11.4. The van der Waals surface area contributed by atoms with E-state index in [0.29, 0.717) is 16.5 Å². The minimum atomic E-state index is -0.747. The quantitative estimate of drug-likeness (QED) is 0.731. The Morgan fingerprint density at radius 3 is 2.79 bits per heavy atom. The first kappa shape index (κ1) is 16.1. The number of aromatic nitrogens is 2. The van der Waals surface area contributed by atoms with Crippen molar-refractivity contribution < 1.29 is 13.9 Å². The van der Waals surface area contributed by atoms with Crippen LogP contribution in [0.25, 0.3) is 11.0 Å². The maximum Gasteiger partial charge on any atom is 0.336 e. The molecule has 3 rings (SSSR count). The summed E-state index contributed by atoms with van der Waals surface area (Å²) in [6.45, 7) is 5.26. The minimum Gasteiger partial charge on any atom is -0.481 e. The highest BCUT2D eigenvalue weighted by Gasteiger charge is 2.17. The van der Waals surface area contributed by atoms with Crippen molar-refractivity contribution in [1.29, 1.82) is 0 Å². The Balaban J connectivity index is 1.76. The average Bonchev–Trinajstić information content (AvgIpc) is 2.91. The molecule has 0 aliphatic carbocycles. The van der Waals surface area contributed by atoms with Crippen LogP contribution in [-0.2, 0) is 4.79 Å². The second kappa shape index (κ2) is 6.40. The largest absolute Gasteiger partial charge is 0.481 e. The molecule has 1 N–H and O–H groups in total. The van der Waals surface area contributed by atoms with E-state index < -0.39 is 11.7 Å². The number of carbonyl (C=O) groups is 1. The van der Waals surface area contributed by atoms with Crippen LogP contribution in [-0.4, -0.2) is 22.2 Å². The Bertz CT molecular complexity index is 963. The van der Waals surface area contributed by atoms with Crippen LogP contribution < -0.4 is 15.7 Å². The molecular weight excluding hydrogens is 330 g/mol. The fraction of sp³-hybridized carbons (Fsp3) is 0.250. The number of aryl methyl sites for hydroxylation is 2. The van der Waals surface area contributed by atoms with Crippen LogP contribution in [0.4, 0.5) is 5.13 Å². The third-order valence-electron chi connectivity index (χ3n) is 3.36. The van der Waals surface area contributed by atoms with Crippen LogP contribution in [0.3, 0.4) is 0 Å². The van der Waals surface area contributed by atoms with Gasteiger partial charge in [0.2, 0.25) is 5.13 Å². The number of anilines is 1. The van der Waals surface area contributed by atoms with E-state index in [9.17, 15) is 9.59 Å². The van der Waals surface area contributed by atoms with Gasteiger partial charge < -0.3 is 9.15 Å². The molecule has 8 heteroatoms. The highest BCUT2D eigenvalue weighted by Crippen LogP contribution is 2.23. The second-order valence-corrected chi connectivity index (χ2v) is 6.46. The zero-order chi connectivity index (χ0) is 17.3. The maximum absolute atomic E-state index is 12.1. The lowest BCUT2D eigenvalue weighted by molar-refractivity contribution is -0.122. The van der Waals surface area contributed by atoms with Crippen molar-refractivity contribution in [2.45, 2.75) is 26.9 Å². The van der Waals surface area contributed by atoms with E-state index in [0.717, 1.165) is 16.0 Å². The van der Waals surface area contributed by atoms with Gasteiger partial charge in [0.15, 0.2) is 6.10 Å². The Hall–Kier alpha value is -2.74. The van der Waals surface area contributed by atoms with E-state index in [2.05, 4.69) is 15.5 Å². The molecular formula is C16H15N3O4S. The lowest BCUT2D eigenvalue weighted by atomic mass is 10.1. The molecule has 124 valence electrons. The molecule has 0 saturated carbocycles. The summed E-state index contributed by atoms with van der Waals surface area (Å²) in [5.74, 6) is 0.101. The van der Waals surface area contributed by atoms with Gasteiger partial charge in [-0.15, -0.1) is 10.2 Å². The van der Waals surface area contributed by atoms with Crippen molar-refractivity contribution in [2.75, 3.05) is 5.32 Å². The number of rotatable bonds is 4. The van der Waals surface area contributed by atoms with Gasteiger partial charge in [-0.3, -0.25) is 10.1 Å². The third kappa shape index (κ3) is 3.43. The van der Waals surface area contributed by atoms with Gasteiger partial charge in [-0.25, -0.2) is 4.79 Å². The van der Waals surface area contributed by atoms with E-state index in [1.165, 1.54) is 17.4 Å². The van der Waals surface area contributed by atoms with Crippen LogP contribution in [0.5, 0.6) is 5.75 Å². The van der Waals surface area contributed by atoms with Gasteiger partial charge in [0.05, 0.1) is 0 Å². The van der Waals surface area contributed by atoms with Gasteiger partial charge >= 0.3 is 5.63 Å². The van der Waals surface area contributed by atoms with Crippen LogP contribution in [0, 0.1) is 13.8 Å². The number of carbonyl (C=O) groups excluding carboxylic acids is 1. The summed E-state index contributed by atoms with van der Waals surface area (Å²) in [4.78, 5) is 23.6. The smallest absolute Gasteiger partial charge is 0.336 e. The molecule has 1 amide bonds. The SMILES string of the molecule is Cc1nnc(NC(=O)[C@@H](C)Oc2ccc3c(C)cc(=O)oc3c2)s1. The molecule has 1 aromatic carbocycles. The van der Waals surface area contributed by atoms with Crippen molar-refractivity contribution in [3.05, 3.63) is 45.3 Å². The molecule has 0 spiro atoms. The molecule has 0 aliphatic rings. The maximum atomic E-state index is 12.1. The van der Waals surface area contributed by atoms with Gasteiger partial charge in [0.1, 0.15) is 16.3 Å². The fourth-order valence-electron chi connectivity index (χ4n) is 2.19. The molecule has 0 aliphatic heterocycles. The van der Waals surface area contributed by atoms with E-state index >= 15 is 0 Å². The number of benzene rings is 1. The average molecular weight is 345 g/mol. The number of hydrogen-bond acceptors (Lipinski definition) is 7. The summed E-state index contributed by atoms with van der Waals surface area (Å²) < 4.78 is 10.8. The number of nitrogens with one attached hydrogen (secondary N) is 1. The van der Waals surface area contributed by atoms with Crippen LogP contribution in [0.1, 0.15) is 17.5 Å². The Kier molecular flexibility index (Phi) is 4.30. The van der Waals surface area contributed by atoms with Gasteiger partial charge in [-0.1, -0.05) is 11.3 Å². The summed E-state index contributed by atoms with van der Waals surface area (Å²) in [6.07, 6.45) is -0.747. The van der Waals surface area contributed by atoms with Gasteiger partial charge in [0.25, 0.3) is 5.91 Å². The van der Waals surface area contributed by atoms with E-state index in [1.807, 2.05) is 6.92 Å². The van der Waals surface area contributed by atoms with Crippen LogP contribution >= 0.6 is 11.3 Å². The lowest BCUT2D eigenvalue weighted by Crippen LogP contribution is -2.30. The standard InChI is InChI=1S/C16H15N3O4S/c1-8-6-14(20)23-13-7-11(4-5-12(8)13)22-9(2)15(21)17-16-19-18-10(3)24-16/h4-7,9H,1-3H3,(H,17,19,21)/t9-/m1/s1. The molecule has 2 heterocycles. The lowest BCUT2D eigenvalue weighted by Gasteiger charge is -2.14. The van der Waals surface area contributed by atoms with Crippen molar-refractivity contribution in [2.24, 2.45) is 0 Å². The Labute approximate surface area is 141 Å². The monoisotopic (exact) mass is 345 g/mol. The van der Waals surface area contributed by atoms with Crippen molar-refractivity contribution in [1.82, 2.24) is 10.2 Å². The zero-order valence-electron chi connectivity index (χ0n) is 13.3. The molecule has 7 nitrogen and oxygen atoms in total. The summed E-state index contributed by atoms with van der Waals surface area (Å²) in [7, 11) is 0. The fourth-order valence-corrected chi connectivity index (χ4v) is 2.79. The first-order valence-corrected chi connectivity index (χ1v) is 8.06. The van der Waals surface area contributed by atoms with Crippen LogP contribution in [0.2, 0.25) is 0 Å². The molecule has 24 heavy (non-hydrogen) atoms. The summed E-state index contributed by atoms with van der Waals surface area (Å²) in [6, 6.07) is 6.56. The predicted molar refractivity (Wildman–Crippen MR) is 90.6 cm³/mol. The molecule has 0 fully saturated rings. The minimum absolute atomic E-state index is 0.336. The summed E-state index contributed by atoms with van der Waals surface area (Å²) >= 11 is 1.29. The first-order valence-electron chi connectivity index (χ1n) is 7.24. The second-order valence-electron chi connectivity index (χ2n) is 5.28. The van der Waals surface area contributed by atoms with Gasteiger partial charge in [0, 0.05) is 17.5 Å². The van der Waals surface area contributed by atoms with Crippen LogP contribution in [0.15, 0.2) is 33.5 Å².